The van der Waals surface area contributed by atoms with Gasteiger partial charge in [0.05, 0.1) is 36.4 Å². The highest BCUT2D eigenvalue weighted by Gasteiger charge is 2.31. The Kier molecular flexibility index (Phi) is 5.69. The fraction of sp³-hybridized carbons (Fsp3) is 0.333. The van der Waals surface area contributed by atoms with E-state index in [4.69, 9.17) is 4.74 Å². The lowest BCUT2D eigenvalue weighted by Gasteiger charge is -2.38. The summed E-state index contributed by atoms with van der Waals surface area (Å²) in [5.41, 5.74) is 0.632. The van der Waals surface area contributed by atoms with E-state index in [0.29, 0.717) is 24.7 Å². The minimum Gasteiger partial charge on any atom is -0.477 e. The number of benzene rings is 1. The topological polar surface area (TPSA) is 73.1 Å². The Labute approximate surface area is 172 Å². The summed E-state index contributed by atoms with van der Waals surface area (Å²) in [5.74, 6) is -0.787. The summed E-state index contributed by atoms with van der Waals surface area (Å²) in [7, 11) is 0. The minimum atomic E-state index is -0.499. The SMILES string of the molecule is C[C@@H]1CC[C@@H](COc2ccc(F)cn2)CN1C(=O)c1cc(F)ccc1-n1nccn1. The van der Waals surface area contributed by atoms with Gasteiger partial charge in [0, 0.05) is 24.6 Å². The van der Waals surface area contributed by atoms with Gasteiger partial charge in [-0.15, -0.1) is 0 Å². The van der Waals surface area contributed by atoms with Gasteiger partial charge in [-0.2, -0.15) is 15.0 Å². The van der Waals surface area contributed by atoms with E-state index in [-0.39, 0.29) is 23.4 Å². The first-order valence-electron chi connectivity index (χ1n) is 9.73. The van der Waals surface area contributed by atoms with Crippen LogP contribution in [-0.2, 0) is 0 Å². The predicted molar refractivity (Wildman–Crippen MR) is 104 cm³/mol. The molecule has 1 aliphatic rings. The van der Waals surface area contributed by atoms with Crippen molar-refractivity contribution in [2.45, 2.75) is 25.8 Å². The Bertz CT molecular complexity index is 1010. The summed E-state index contributed by atoms with van der Waals surface area (Å²) in [6.07, 6.45) is 5.77. The number of aromatic nitrogens is 4. The van der Waals surface area contributed by atoms with Crippen LogP contribution in [0.15, 0.2) is 48.9 Å². The lowest BCUT2D eigenvalue weighted by atomic mass is 9.93. The van der Waals surface area contributed by atoms with Crippen LogP contribution in [0.3, 0.4) is 0 Å². The summed E-state index contributed by atoms with van der Waals surface area (Å²) in [4.78, 5) is 20.3. The van der Waals surface area contributed by atoms with Crippen LogP contribution >= 0.6 is 0 Å². The molecule has 2 atom stereocenters. The molecular weight excluding hydrogens is 392 g/mol. The molecule has 1 saturated heterocycles. The van der Waals surface area contributed by atoms with Gasteiger partial charge >= 0.3 is 0 Å². The molecule has 0 aliphatic carbocycles. The first-order chi connectivity index (χ1) is 14.5. The third kappa shape index (κ3) is 4.29. The van der Waals surface area contributed by atoms with Gasteiger partial charge in [0.25, 0.3) is 5.91 Å². The monoisotopic (exact) mass is 413 g/mol. The Morgan fingerprint density at radius 1 is 1.13 bits per heavy atom. The molecule has 1 aromatic carbocycles. The third-order valence-electron chi connectivity index (χ3n) is 5.23. The minimum absolute atomic E-state index is 0.000561. The Balaban J connectivity index is 1.50. The van der Waals surface area contributed by atoms with Crippen molar-refractivity contribution in [1.29, 1.82) is 0 Å². The second-order valence-corrected chi connectivity index (χ2v) is 7.36. The van der Waals surface area contributed by atoms with E-state index in [0.717, 1.165) is 19.0 Å². The number of pyridine rings is 1. The van der Waals surface area contributed by atoms with Gasteiger partial charge in [-0.25, -0.2) is 13.8 Å². The number of hydrogen-bond acceptors (Lipinski definition) is 5. The molecule has 0 unspecified atom stereocenters. The van der Waals surface area contributed by atoms with E-state index in [1.54, 1.807) is 4.90 Å². The fourth-order valence-electron chi connectivity index (χ4n) is 3.60. The van der Waals surface area contributed by atoms with Crippen LogP contribution < -0.4 is 4.74 Å². The van der Waals surface area contributed by atoms with E-state index in [9.17, 15) is 13.6 Å². The molecule has 1 amide bonds. The molecule has 0 radical (unpaired) electrons. The van der Waals surface area contributed by atoms with Crippen LogP contribution in [0.1, 0.15) is 30.1 Å². The number of halogens is 2. The molecule has 0 bridgehead atoms. The molecule has 0 N–H and O–H groups in total. The molecule has 3 aromatic rings. The van der Waals surface area contributed by atoms with Crippen LogP contribution in [0.2, 0.25) is 0 Å². The highest BCUT2D eigenvalue weighted by Crippen LogP contribution is 2.26. The molecule has 30 heavy (non-hydrogen) atoms. The van der Waals surface area contributed by atoms with Crippen molar-refractivity contribution in [3.63, 3.8) is 0 Å². The number of hydrogen-bond donors (Lipinski definition) is 0. The molecule has 2 aromatic heterocycles. The molecule has 1 aliphatic heterocycles. The number of nitrogens with zero attached hydrogens (tertiary/aromatic N) is 5. The predicted octanol–water partition coefficient (Wildman–Crippen LogP) is 3.26. The summed E-state index contributed by atoms with van der Waals surface area (Å²) in [5, 5.41) is 8.13. The van der Waals surface area contributed by atoms with Crippen molar-refractivity contribution < 1.29 is 18.3 Å². The molecule has 9 heteroatoms. The lowest BCUT2D eigenvalue weighted by Crippen LogP contribution is -2.47. The lowest BCUT2D eigenvalue weighted by molar-refractivity contribution is 0.0502. The van der Waals surface area contributed by atoms with Gasteiger partial charge in [0.2, 0.25) is 5.88 Å². The first-order valence-corrected chi connectivity index (χ1v) is 9.73. The quantitative estimate of drug-likeness (QED) is 0.642. The number of carbonyl (C=O) groups excluding carboxylic acids is 1. The maximum atomic E-state index is 14.0. The second-order valence-electron chi connectivity index (χ2n) is 7.36. The third-order valence-corrected chi connectivity index (χ3v) is 5.23. The number of ether oxygens (including phenoxy) is 1. The molecule has 0 spiro atoms. The van der Waals surface area contributed by atoms with Gasteiger partial charge in [0.15, 0.2) is 0 Å². The van der Waals surface area contributed by atoms with E-state index in [2.05, 4.69) is 15.2 Å². The van der Waals surface area contributed by atoms with Crippen molar-refractivity contribution in [1.82, 2.24) is 24.9 Å². The van der Waals surface area contributed by atoms with Crippen molar-refractivity contribution in [3.8, 4) is 11.6 Å². The van der Waals surface area contributed by atoms with Gasteiger partial charge in [-0.3, -0.25) is 4.79 Å². The average molecular weight is 413 g/mol. The highest BCUT2D eigenvalue weighted by molar-refractivity contribution is 5.98. The number of rotatable bonds is 5. The number of amides is 1. The van der Waals surface area contributed by atoms with Gasteiger partial charge in [-0.1, -0.05) is 0 Å². The summed E-state index contributed by atoms with van der Waals surface area (Å²) in [6, 6.07) is 6.75. The molecule has 0 saturated carbocycles. The zero-order valence-electron chi connectivity index (χ0n) is 16.4. The first kappa shape index (κ1) is 19.9. The van der Waals surface area contributed by atoms with Crippen LogP contribution in [0.4, 0.5) is 8.78 Å². The van der Waals surface area contributed by atoms with Gasteiger partial charge in [-0.05, 0) is 44.0 Å². The zero-order chi connectivity index (χ0) is 21.1. The molecule has 1 fully saturated rings. The van der Waals surface area contributed by atoms with E-state index in [1.165, 1.54) is 47.5 Å². The Hall–Kier alpha value is -3.36. The fourth-order valence-corrected chi connectivity index (χ4v) is 3.60. The maximum absolute atomic E-state index is 14.0. The van der Waals surface area contributed by atoms with Crippen LogP contribution in [-0.4, -0.2) is 50.0 Å². The standard InChI is InChI=1S/C21H21F2N5O2/c1-14-2-3-15(13-30-20-7-5-17(23)11-24-20)12-27(14)21(29)18-10-16(22)4-6-19(18)28-25-8-9-26-28/h4-11,14-15H,2-3,12-13H2,1H3/t14-,15-/m1/s1. The summed E-state index contributed by atoms with van der Waals surface area (Å²) in [6.45, 7) is 2.79. The number of piperidine rings is 1. The molecular formula is C21H21F2N5O2. The van der Waals surface area contributed by atoms with Gasteiger partial charge in [0.1, 0.15) is 11.6 Å². The maximum Gasteiger partial charge on any atom is 0.256 e. The van der Waals surface area contributed by atoms with Crippen molar-refractivity contribution in [2.75, 3.05) is 13.2 Å². The van der Waals surface area contributed by atoms with Crippen molar-refractivity contribution in [3.05, 3.63) is 66.1 Å². The van der Waals surface area contributed by atoms with E-state index in [1.807, 2.05) is 6.92 Å². The van der Waals surface area contributed by atoms with Crippen molar-refractivity contribution in [2.24, 2.45) is 5.92 Å². The zero-order valence-corrected chi connectivity index (χ0v) is 16.4. The highest BCUT2D eigenvalue weighted by atomic mass is 19.1. The molecule has 7 nitrogen and oxygen atoms in total. The number of carbonyl (C=O) groups is 1. The summed E-state index contributed by atoms with van der Waals surface area (Å²) >= 11 is 0. The van der Waals surface area contributed by atoms with Crippen molar-refractivity contribution >= 4 is 5.91 Å². The van der Waals surface area contributed by atoms with Gasteiger partial charge < -0.3 is 9.64 Å². The summed E-state index contributed by atoms with van der Waals surface area (Å²) < 4.78 is 32.6. The van der Waals surface area contributed by atoms with E-state index < -0.39 is 11.6 Å². The Morgan fingerprint density at radius 2 is 1.90 bits per heavy atom. The average Bonchev–Trinajstić information content (AvgIpc) is 3.28. The van der Waals surface area contributed by atoms with Crippen LogP contribution in [0.5, 0.6) is 5.88 Å². The Morgan fingerprint density at radius 3 is 2.63 bits per heavy atom. The van der Waals surface area contributed by atoms with Crippen LogP contribution in [0.25, 0.3) is 5.69 Å². The smallest absolute Gasteiger partial charge is 0.256 e. The van der Waals surface area contributed by atoms with Crippen LogP contribution in [0, 0.1) is 17.6 Å². The molecule has 4 rings (SSSR count). The largest absolute Gasteiger partial charge is 0.477 e. The molecule has 156 valence electrons. The normalized spacial score (nSPS) is 19.0. The number of likely N-dealkylation sites (tertiary alicyclic amines) is 1. The second kappa shape index (κ2) is 8.56. The van der Waals surface area contributed by atoms with E-state index >= 15 is 0 Å². The molecule has 3 heterocycles.